The molecular weight excluding hydrogens is 362 g/mol. The lowest BCUT2D eigenvalue weighted by Gasteiger charge is -2.20. The smallest absolute Gasteiger partial charge is 0.247 e. The van der Waals surface area contributed by atoms with Crippen LogP contribution in [-0.4, -0.2) is 31.6 Å². The minimum Gasteiger partial charge on any atom is -0.475 e. The molecule has 0 aliphatic rings. The van der Waals surface area contributed by atoms with Gasteiger partial charge in [-0.2, -0.15) is 4.98 Å². The first-order chi connectivity index (χ1) is 12.5. The number of halogens is 1. The van der Waals surface area contributed by atoms with E-state index in [9.17, 15) is 0 Å². The van der Waals surface area contributed by atoms with E-state index in [0.717, 1.165) is 5.56 Å². The summed E-state index contributed by atoms with van der Waals surface area (Å²) in [5, 5.41) is 9.26. The van der Waals surface area contributed by atoms with Gasteiger partial charge in [-0.25, -0.2) is 9.67 Å². The highest BCUT2D eigenvalue weighted by Gasteiger charge is 2.24. The number of fused-ring (bicyclic) bond motifs is 1. The van der Waals surface area contributed by atoms with Crippen molar-refractivity contribution in [2.45, 2.75) is 53.5 Å². The topological polar surface area (TPSA) is 65.7 Å². The standard InChI is InChI=1S/C20H26ClN5O/c1-19(2,3)12-27-17-15-16(22-18(23-17)20(4,5)6)26(25-24-15)11-13-9-7-8-10-14(13)21/h7-10H,11-12H2,1-6H3. The number of nitrogens with zero attached hydrogens (tertiary/aromatic N) is 5. The van der Waals surface area contributed by atoms with E-state index in [0.29, 0.717) is 41.0 Å². The van der Waals surface area contributed by atoms with Gasteiger partial charge >= 0.3 is 0 Å². The van der Waals surface area contributed by atoms with Crippen LogP contribution in [0.4, 0.5) is 0 Å². The summed E-state index contributed by atoms with van der Waals surface area (Å²) in [7, 11) is 0. The lowest BCUT2D eigenvalue weighted by molar-refractivity contribution is 0.192. The van der Waals surface area contributed by atoms with Crippen molar-refractivity contribution in [2.24, 2.45) is 5.41 Å². The van der Waals surface area contributed by atoms with Crippen molar-refractivity contribution in [3.05, 3.63) is 40.7 Å². The summed E-state index contributed by atoms with van der Waals surface area (Å²) >= 11 is 6.31. The van der Waals surface area contributed by atoms with Gasteiger partial charge in [0.1, 0.15) is 5.82 Å². The molecule has 3 rings (SSSR count). The zero-order chi connectivity index (χ0) is 19.8. The molecule has 0 amide bonds. The van der Waals surface area contributed by atoms with Gasteiger partial charge in [0.2, 0.25) is 5.88 Å². The van der Waals surface area contributed by atoms with Gasteiger partial charge < -0.3 is 4.74 Å². The van der Waals surface area contributed by atoms with Gasteiger partial charge in [-0.1, -0.05) is 76.6 Å². The molecule has 0 radical (unpaired) electrons. The van der Waals surface area contributed by atoms with Gasteiger partial charge in [0.25, 0.3) is 0 Å². The molecule has 0 bridgehead atoms. The molecule has 7 heteroatoms. The van der Waals surface area contributed by atoms with Crippen molar-refractivity contribution in [3.63, 3.8) is 0 Å². The maximum Gasteiger partial charge on any atom is 0.247 e. The maximum absolute atomic E-state index is 6.31. The predicted octanol–water partition coefficient (Wildman–Crippen LogP) is 4.65. The largest absolute Gasteiger partial charge is 0.475 e. The van der Waals surface area contributed by atoms with Crippen molar-refractivity contribution in [1.29, 1.82) is 0 Å². The van der Waals surface area contributed by atoms with Gasteiger partial charge in [0, 0.05) is 10.4 Å². The molecule has 1 aromatic carbocycles. The predicted molar refractivity (Wildman–Crippen MR) is 107 cm³/mol. The fourth-order valence-electron chi connectivity index (χ4n) is 2.45. The Morgan fingerprint density at radius 3 is 2.37 bits per heavy atom. The SMILES string of the molecule is CC(C)(C)COc1nc(C(C)(C)C)nc2c1nnn2Cc1ccccc1Cl. The van der Waals surface area contributed by atoms with E-state index in [-0.39, 0.29) is 10.8 Å². The number of ether oxygens (including phenoxy) is 1. The molecule has 0 saturated heterocycles. The van der Waals surface area contributed by atoms with E-state index in [1.807, 2.05) is 24.3 Å². The highest BCUT2D eigenvalue weighted by atomic mass is 35.5. The maximum atomic E-state index is 6.31. The highest BCUT2D eigenvalue weighted by molar-refractivity contribution is 6.31. The zero-order valence-corrected chi connectivity index (χ0v) is 17.5. The third kappa shape index (κ3) is 4.56. The molecule has 3 aromatic rings. The molecule has 0 spiro atoms. The Labute approximate surface area is 164 Å². The van der Waals surface area contributed by atoms with E-state index >= 15 is 0 Å². The minimum atomic E-state index is -0.229. The van der Waals surface area contributed by atoms with Crippen LogP contribution >= 0.6 is 11.6 Å². The molecule has 0 aliphatic heterocycles. The van der Waals surface area contributed by atoms with Crippen molar-refractivity contribution < 1.29 is 4.74 Å². The summed E-state index contributed by atoms with van der Waals surface area (Å²) in [5.41, 5.74) is 1.96. The number of hydrogen-bond donors (Lipinski definition) is 0. The normalized spacial score (nSPS) is 12.6. The summed E-state index contributed by atoms with van der Waals surface area (Å²) in [5.74, 6) is 1.17. The third-order valence-electron chi connectivity index (χ3n) is 3.92. The second-order valence-electron chi connectivity index (χ2n) is 8.96. The van der Waals surface area contributed by atoms with Crippen molar-refractivity contribution >= 4 is 22.8 Å². The van der Waals surface area contributed by atoms with E-state index in [1.165, 1.54) is 0 Å². The number of aromatic nitrogens is 5. The van der Waals surface area contributed by atoms with Crippen molar-refractivity contribution in [2.75, 3.05) is 6.61 Å². The van der Waals surface area contributed by atoms with Gasteiger partial charge in [0.15, 0.2) is 11.2 Å². The Kier molecular flexibility index (Phi) is 5.12. The Balaban J connectivity index is 2.08. The summed E-state index contributed by atoms with van der Waals surface area (Å²) in [6, 6.07) is 7.69. The van der Waals surface area contributed by atoms with Crippen LogP contribution in [0.3, 0.4) is 0 Å². The zero-order valence-electron chi connectivity index (χ0n) is 16.7. The second kappa shape index (κ2) is 7.08. The van der Waals surface area contributed by atoms with Crippen LogP contribution in [0.1, 0.15) is 52.9 Å². The average Bonchev–Trinajstić information content (AvgIpc) is 2.96. The first-order valence-electron chi connectivity index (χ1n) is 9.02. The Bertz CT molecular complexity index is 953. The lowest BCUT2D eigenvalue weighted by Crippen LogP contribution is -2.20. The van der Waals surface area contributed by atoms with Crippen LogP contribution in [0.2, 0.25) is 5.02 Å². The Morgan fingerprint density at radius 2 is 1.74 bits per heavy atom. The van der Waals surface area contributed by atoms with Gasteiger partial charge in [0.05, 0.1) is 13.2 Å². The molecule has 0 aliphatic carbocycles. The molecule has 0 atom stereocenters. The summed E-state index contributed by atoms with van der Waals surface area (Å²) in [6.45, 7) is 13.6. The first-order valence-corrected chi connectivity index (χ1v) is 9.40. The molecule has 2 aromatic heterocycles. The van der Waals surface area contributed by atoms with Crippen molar-refractivity contribution in [1.82, 2.24) is 25.0 Å². The van der Waals surface area contributed by atoms with E-state index in [4.69, 9.17) is 21.3 Å². The van der Waals surface area contributed by atoms with E-state index in [2.05, 4.69) is 56.8 Å². The van der Waals surface area contributed by atoms with Crippen LogP contribution in [0.25, 0.3) is 11.2 Å². The van der Waals surface area contributed by atoms with Gasteiger partial charge in [-0.3, -0.25) is 0 Å². The number of benzene rings is 1. The van der Waals surface area contributed by atoms with Crippen LogP contribution in [0, 0.1) is 5.41 Å². The number of rotatable bonds is 4. The molecule has 0 saturated carbocycles. The van der Waals surface area contributed by atoms with Crippen LogP contribution in [0.5, 0.6) is 5.88 Å². The molecular formula is C20H26ClN5O. The first kappa shape index (κ1) is 19.5. The summed E-state index contributed by atoms with van der Waals surface area (Å²) in [6.07, 6.45) is 0. The van der Waals surface area contributed by atoms with E-state index in [1.54, 1.807) is 4.68 Å². The molecule has 0 unspecified atom stereocenters. The van der Waals surface area contributed by atoms with E-state index < -0.39 is 0 Å². The second-order valence-corrected chi connectivity index (χ2v) is 9.37. The summed E-state index contributed by atoms with van der Waals surface area (Å²) < 4.78 is 7.76. The summed E-state index contributed by atoms with van der Waals surface area (Å²) in [4.78, 5) is 9.38. The molecule has 0 fully saturated rings. The van der Waals surface area contributed by atoms with Gasteiger partial charge in [-0.15, -0.1) is 5.10 Å². The Hall–Kier alpha value is -2.21. The van der Waals surface area contributed by atoms with Crippen LogP contribution < -0.4 is 4.74 Å². The van der Waals surface area contributed by atoms with Gasteiger partial charge in [-0.05, 0) is 17.0 Å². The molecule has 2 heterocycles. The Morgan fingerprint density at radius 1 is 1.04 bits per heavy atom. The quantitative estimate of drug-likeness (QED) is 0.652. The monoisotopic (exact) mass is 387 g/mol. The van der Waals surface area contributed by atoms with Crippen LogP contribution in [-0.2, 0) is 12.0 Å². The molecule has 144 valence electrons. The average molecular weight is 388 g/mol. The van der Waals surface area contributed by atoms with Crippen molar-refractivity contribution in [3.8, 4) is 5.88 Å². The highest BCUT2D eigenvalue weighted by Crippen LogP contribution is 2.28. The fourth-order valence-corrected chi connectivity index (χ4v) is 2.64. The minimum absolute atomic E-state index is 0.00667. The molecule has 6 nitrogen and oxygen atoms in total. The number of hydrogen-bond acceptors (Lipinski definition) is 5. The fraction of sp³-hybridized carbons (Fsp3) is 0.500. The molecule has 27 heavy (non-hydrogen) atoms. The molecule has 0 N–H and O–H groups in total. The third-order valence-corrected chi connectivity index (χ3v) is 4.29. The van der Waals surface area contributed by atoms with Crippen LogP contribution in [0.15, 0.2) is 24.3 Å². The lowest BCUT2D eigenvalue weighted by atomic mass is 9.96.